The minimum Gasteiger partial charge on any atom is -0.497 e. The predicted octanol–water partition coefficient (Wildman–Crippen LogP) is 4.18. The summed E-state index contributed by atoms with van der Waals surface area (Å²) in [7, 11) is 2.93. The van der Waals surface area contributed by atoms with E-state index in [1.807, 2.05) is 6.07 Å². The van der Waals surface area contributed by atoms with Crippen molar-refractivity contribution in [1.29, 1.82) is 5.26 Å². The second-order valence-corrected chi connectivity index (χ2v) is 6.06. The number of ether oxygens (including phenoxy) is 2. The molecule has 0 atom stereocenters. The van der Waals surface area contributed by atoms with Crippen molar-refractivity contribution >= 4 is 12.0 Å². The number of alkyl halides is 3. The first-order valence-electron chi connectivity index (χ1n) is 8.50. The first-order chi connectivity index (χ1) is 13.8. The third-order valence-electron chi connectivity index (χ3n) is 3.98. The highest BCUT2D eigenvalue weighted by Gasteiger charge is 2.32. The number of hydrogen-bond acceptors (Lipinski definition) is 4. The molecular weight excluding hydrogens is 385 g/mol. The molecule has 1 amide bonds. The number of nitrogens with zero attached hydrogens (tertiary/aromatic N) is 2. The predicted molar refractivity (Wildman–Crippen MR) is 101 cm³/mol. The maximum absolute atomic E-state index is 13.0. The average molecular weight is 404 g/mol. The van der Waals surface area contributed by atoms with Crippen molar-refractivity contribution in [1.82, 2.24) is 4.90 Å². The van der Waals surface area contributed by atoms with Gasteiger partial charge >= 0.3 is 6.18 Å². The molecule has 0 bridgehead atoms. The molecule has 0 heterocycles. The molecule has 0 fully saturated rings. The van der Waals surface area contributed by atoms with Gasteiger partial charge < -0.3 is 14.4 Å². The van der Waals surface area contributed by atoms with Crippen molar-refractivity contribution in [3.8, 4) is 17.6 Å². The Morgan fingerprint density at radius 1 is 1.14 bits per heavy atom. The SMILES string of the molecule is COc1ccc(/C=C/C(=O)N(Cc2ccc(C#N)cc2)CC(F)(F)F)c(OC)c1. The number of carbonyl (C=O) groups excluding carboxylic acids is 1. The number of carbonyl (C=O) groups is 1. The van der Waals surface area contributed by atoms with Crippen LogP contribution in [-0.4, -0.2) is 37.7 Å². The summed E-state index contributed by atoms with van der Waals surface area (Å²) < 4.78 is 49.2. The Hall–Kier alpha value is -3.47. The Morgan fingerprint density at radius 2 is 1.83 bits per heavy atom. The molecule has 0 aliphatic heterocycles. The van der Waals surface area contributed by atoms with E-state index in [-0.39, 0.29) is 6.54 Å². The van der Waals surface area contributed by atoms with Crippen molar-refractivity contribution in [2.75, 3.05) is 20.8 Å². The summed E-state index contributed by atoms with van der Waals surface area (Å²) in [5.41, 5.74) is 1.39. The standard InChI is InChI=1S/C21H19F3N2O3/c1-28-18-9-7-17(19(11-18)29-2)8-10-20(27)26(14-21(22,23)24)13-16-5-3-15(12-25)4-6-16/h3-11H,13-14H2,1-2H3/b10-8+. The van der Waals surface area contributed by atoms with Crippen LogP contribution in [0.5, 0.6) is 11.5 Å². The van der Waals surface area contributed by atoms with Crippen molar-refractivity contribution in [2.24, 2.45) is 0 Å². The van der Waals surface area contributed by atoms with E-state index in [4.69, 9.17) is 14.7 Å². The fourth-order valence-electron chi connectivity index (χ4n) is 2.56. The van der Waals surface area contributed by atoms with Crippen LogP contribution in [0.15, 0.2) is 48.5 Å². The molecule has 0 unspecified atom stereocenters. The van der Waals surface area contributed by atoms with Gasteiger partial charge in [0.15, 0.2) is 0 Å². The zero-order chi connectivity index (χ0) is 21.4. The smallest absolute Gasteiger partial charge is 0.406 e. The fourth-order valence-corrected chi connectivity index (χ4v) is 2.56. The van der Waals surface area contributed by atoms with Gasteiger partial charge in [0.2, 0.25) is 5.91 Å². The maximum atomic E-state index is 13.0. The molecule has 2 rings (SSSR count). The summed E-state index contributed by atoms with van der Waals surface area (Å²) >= 11 is 0. The highest BCUT2D eigenvalue weighted by atomic mass is 19.4. The summed E-state index contributed by atoms with van der Waals surface area (Å²) in [4.78, 5) is 13.2. The van der Waals surface area contributed by atoms with Gasteiger partial charge in [0.1, 0.15) is 18.0 Å². The molecule has 0 aromatic heterocycles. The largest absolute Gasteiger partial charge is 0.497 e. The molecule has 2 aromatic carbocycles. The minimum absolute atomic E-state index is 0.242. The van der Waals surface area contributed by atoms with Gasteiger partial charge in [0, 0.05) is 24.3 Å². The molecule has 0 saturated carbocycles. The number of rotatable bonds is 7. The van der Waals surface area contributed by atoms with Crippen LogP contribution in [0.25, 0.3) is 6.08 Å². The molecule has 0 N–H and O–H groups in total. The van der Waals surface area contributed by atoms with E-state index in [1.165, 1.54) is 44.6 Å². The normalized spacial score (nSPS) is 11.2. The Labute approximate surface area is 166 Å². The highest BCUT2D eigenvalue weighted by Crippen LogP contribution is 2.26. The quantitative estimate of drug-likeness (QED) is 0.650. The van der Waals surface area contributed by atoms with Gasteiger partial charge in [0.25, 0.3) is 0 Å². The molecule has 2 aromatic rings. The van der Waals surface area contributed by atoms with Crippen LogP contribution in [0.1, 0.15) is 16.7 Å². The summed E-state index contributed by atoms with van der Waals surface area (Å²) in [5.74, 6) is 0.164. The Balaban J connectivity index is 2.22. The van der Waals surface area contributed by atoms with Crippen LogP contribution in [0.4, 0.5) is 13.2 Å². The van der Waals surface area contributed by atoms with Gasteiger partial charge in [0.05, 0.1) is 25.9 Å². The van der Waals surface area contributed by atoms with E-state index < -0.39 is 18.6 Å². The zero-order valence-corrected chi connectivity index (χ0v) is 15.9. The van der Waals surface area contributed by atoms with Crippen LogP contribution >= 0.6 is 0 Å². The molecule has 0 aliphatic carbocycles. The van der Waals surface area contributed by atoms with Crippen LogP contribution in [0.3, 0.4) is 0 Å². The molecule has 0 saturated heterocycles. The average Bonchev–Trinajstić information content (AvgIpc) is 2.70. The van der Waals surface area contributed by atoms with Gasteiger partial charge in [-0.3, -0.25) is 4.79 Å². The molecule has 8 heteroatoms. The topological polar surface area (TPSA) is 62.6 Å². The molecule has 0 spiro atoms. The van der Waals surface area contributed by atoms with Gasteiger partial charge in [-0.05, 0) is 35.9 Å². The number of amides is 1. The molecule has 0 aliphatic rings. The van der Waals surface area contributed by atoms with Crippen LogP contribution in [0, 0.1) is 11.3 Å². The lowest BCUT2D eigenvalue weighted by Crippen LogP contribution is -2.37. The van der Waals surface area contributed by atoms with Crippen molar-refractivity contribution in [3.05, 3.63) is 65.2 Å². The number of nitriles is 1. The van der Waals surface area contributed by atoms with E-state index in [9.17, 15) is 18.0 Å². The third-order valence-corrected chi connectivity index (χ3v) is 3.98. The second-order valence-electron chi connectivity index (χ2n) is 6.06. The third kappa shape index (κ3) is 6.57. The summed E-state index contributed by atoms with van der Waals surface area (Å²) in [5, 5.41) is 8.81. The van der Waals surface area contributed by atoms with Crippen LogP contribution in [0.2, 0.25) is 0 Å². The van der Waals surface area contributed by atoms with Gasteiger partial charge in [-0.2, -0.15) is 18.4 Å². The van der Waals surface area contributed by atoms with Gasteiger partial charge in [-0.1, -0.05) is 12.1 Å². The first-order valence-corrected chi connectivity index (χ1v) is 8.50. The number of hydrogen-bond donors (Lipinski definition) is 0. The first kappa shape index (κ1) is 21.8. The Kier molecular flexibility index (Phi) is 7.26. The lowest BCUT2D eigenvalue weighted by Gasteiger charge is -2.23. The number of halogens is 3. The molecular formula is C21H19F3N2O3. The summed E-state index contributed by atoms with van der Waals surface area (Å²) in [6, 6.07) is 12.8. The number of benzene rings is 2. The molecule has 5 nitrogen and oxygen atoms in total. The van der Waals surface area contributed by atoms with E-state index in [1.54, 1.807) is 18.2 Å². The Morgan fingerprint density at radius 3 is 2.38 bits per heavy atom. The van der Waals surface area contributed by atoms with E-state index in [0.717, 1.165) is 6.08 Å². The van der Waals surface area contributed by atoms with Crippen molar-refractivity contribution in [3.63, 3.8) is 0 Å². The van der Waals surface area contributed by atoms with E-state index >= 15 is 0 Å². The maximum Gasteiger partial charge on any atom is 0.406 e. The monoisotopic (exact) mass is 404 g/mol. The zero-order valence-electron chi connectivity index (χ0n) is 15.9. The van der Waals surface area contributed by atoms with Crippen molar-refractivity contribution in [2.45, 2.75) is 12.7 Å². The fraction of sp³-hybridized carbons (Fsp3) is 0.238. The van der Waals surface area contributed by atoms with Crippen LogP contribution in [-0.2, 0) is 11.3 Å². The minimum atomic E-state index is -4.55. The van der Waals surface area contributed by atoms with Gasteiger partial charge in [-0.15, -0.1) is 0 Å². The van der Waals surface area contributed by atoms with E-state index in [0.29, 0.717) is 33.1 Å². The van der Waals surface area contributed by atoms with Gasteiger partial charge in [-0.25, -0.2) is 0 Å². The van der Waals surface area contributed by atoms with Crippen molar-refractivity contribution < 1.29 is 27.4 Å². The molecule has 0 radical (unpaired) electrons. The number of methoxy groups -OCH3 is 2. The highest BCUT2D eigenvalue weighted by molar-refractivity contribution is 5.92. The lowest BCUT2D eigenvalue weighted by atomic mass is 10.1. The van der Waals surface area contributed by atoms with Crippen LogP contribution < -0.4 is 9.47 Å². The lowest BCUT2D eigenvalue weighted by molar-refractivity contribution is -0.159. The second kappa shape index (κ2) is 9.64. The summed E-state index contributed by atoms with van der Waals surface area (Å²) in [6.45, 7) is -1.63. The Bertz CT molecular complexity index is 916. The van der Waals surface area contributed by atoms with E-state index in [2.05, 4.69) is 0 Å². The summed E-state index contributed by atoms with van der Waals surface area (Å²) in [6.07, 6.45) is -2.09. The molecule has 152 valence electrons. The molecule has 29 heavy (non-hydrogen) atoms.